The molecule has 1 aliphatic rings. The number of halogens is 6. The van der Waals surface area contributed by atoms with Crippen LogP contribution in [-0.4, -0.2) is 48.6 Å². The third-order valence-corrected chi connectivity index (χ3v) is 7.67. The fraction of sp³-hybridized carbons (Fsp3) is 0.222. The van der Waals surface area contributed by atoms with E-state index in [4.69, 9.17) is 5.73 Å². The molecule has 0 fully saturated rings. The predicted octanol–water partition coefficient (Wildman–Crippen LogP) is 7.18. The van der Waals surface area contributed by atoms with Crippen LogP contribution in [0.4, 0.5) is 26.3 Å². The number of rotatable bonds is 9. The number of nitrogens with two attached hydrogens (primary N) is 1. The molecule has 1 atom stereocenters. The number of likely N-dealkylation sites (N-methyl/N-ethyl adjacent to an activating group) is 1. The number of Topliss-reactive ketones (excluding diaryl/α,β-unsaturated/α-hetero) is 2. The van der Waals surface area contributed by atoms with Gasteiger partial charge >= 0.3 is 13.2 Å². The largest absolute Gasteiger partial charge is 0.435 e. The van der Waals surface area contributed by atoms with Crippen molar-refractivity contribution in [3.05, 3.63) is 129 Å². The van der Waals surface area contributed by atoms with Gasteiger partial charge in [0.15, 0.2) is 11.5 Å². The van der Waals surface area contributed by atoms with Crippen LogP contribution in [0.25, 0.3) is 0 Å². The van der Waals surface area contributed by atoms with E-state index in [1.165, 1.54) is 79.5 Å². The molecule has 1 unspecified atom stereocenters. The molecule has 50 heavy (non-hydrogen) atoms. The average molecular weight is 700 g/mol. The molecule has 8 nitrogen and oxygen atoms in total. The maximum Gasteiger partial charge on any atom is 0.387 e. The first-order valence-electron chi connectivity index (χ1n) is 14.8. The SMILES string of the molecule is Cc1cc(F)cc(C(=O)C(=O)c2ccc(OC(F)F)c(C)c2)c1.Cc1cc(F)cc(C2(c3ccc(OC(F)F)c(C)c3)N=C(N)N(C)C2=O)c1. The number of ether oxygens (including phenoxy) is 2. The second-order valence-corrected chi connectivity index (χ2v) is 11.5. The van der Waals surface area contributed by atoms with Gasteiger partial charge in [-0.05, 0) is 122 Å². The summed E-state index contributed by atoms with van der Waals surface area (Å²) >= 11 is 0. The van der Waals surface area contributed by atoms with Crippen molar-refractivity contribution in [2.45, 2.75) is 46.5 Å². The van der Waals surface area contributed by atoms with Crippen molar-refractivity contribution >= 4 is 23.4 Å². The van der Waals surface area contributed by atoms with Crippen LogP contribution in [0.1, 0.15) is 54.1 Å². The van der Waals surface area contributed by atoms with E-state index in [0.29, 0.717) is 33.4 Å². The molecular weight excluding hydrogens is 668 g/mol. The van der Waals surface area contributed by atoms with Crippen LogP contribution in [0, 0.1) is 39.3 Å². The lowest BCUT2D eigenvalue weighted by Gasteiger charge is -2.27. The van der Waals surface area contributed by atoms with Crippen LogP contribution in [0.3, 0.4) is 0 Å². The number of nitrogens with zero attached hydrogens (tertiary/aromatic N) is 2. The van der Waals surface area contributed by atoms with Gasteiger partial charge in [0.1, 0.15) is 23.1 Å². The van der Waals surface area contributed by atoms with Gasteiger partial charge in [-0.3, -0.25) is 19.3 Å². The molecule has 5 rings (SSSR count). The lowest BCUT2D eigenvalue weighted by atomic mass is 9.81. The van der Waals surface area contributed by atoms with Crippen molar-refractivity contribution in [3.63, 3.8) is 0 Å². The molecule has 0 aromatic heterocycles. The molecule has 4 aromatic rings. The third-order valence-electron chi connectivity index (χ3n) is 7.67. The summed E-state index contributed by atoms with van der Waals surface area (Å²) in [6.07, 6.45) is 0. The molecular formula is C36H31F6N3O5. The summed E-state index contributed by atoms with van der Waals surface area (Å²) in [4.78, 5) is 43.0. The average Bonchev–Trinajstić information content (AvgIpc) is 3.26. The highest BCUT2D eigenvalue weighted by molar-refractivity contribution is 6.49. The molecule has 0 saturated carbocycles. The van der Waals surface area contributed by atoms with Crippen LogP contribution in [0.15, 0.2) is 77.8 Å². The van der Waals surface area contributed by atoms with E-state index in [9.17, 15) is 40.7 Å². The summed E-state index contributed by atoms with van der Waals surface area (Å²) in [5.41, 5.74) is 6.71. The molecule has 262 valence electrons. The van der Waals surface area contributed by atoms with Gasteiger partial charge in [-0.1, -0.05) is 12.1 Å². The topological polar surface area (TPSA) is 111 Å². The lowest BCUT2D eigenvalue weighted by Crippen LogP contribution is -2.41. The van der Waals surface area contributed by atoms with Crippen LogP contribution in [-0.2, 0) is 10.3 Å². The van der Waals surface area contributed by atoms with Gasteiger partial charge in [-0.2, -0.15) is 17.6 Å². The van der Waals surface area contributed by atoms with Crippen LogP contribution < -0.4 is 15.2 Å². The van der Waals surface area contributed by atoms with Gasteiger partial charge in [-0.25, -0.2) is 13.8 Å². The summed E-state index contributed by atoms with van der Waals surface area (Å²) in [7, 11) is 1.47. The summed E-state index contributed by atoms with van der Waals surface area (Å²) in [6.45, 7) is 0.397. The standard InChI is InChI=1S/C19H18F3N3O2.C17H13F3O3/c1-10-6-13(9-14(20)7-10)19(16(26)25(3)18(23)24-19)12-4-5-15(11(2)8-12)27-17(21)22;1-9-5-12(8-13(18)6-9)16(22)15(21)11-3-4-14(10(2)7-11)23-17(19)20/h4-9,17H,1-3H3,(H2,23,24);3-8,17H,1-2H3. The van der Waals surface area contributed by atoms with E-state index >= 15 is 0 Å². The van der Waals surface area contributed by atoms with Crippen molar-refractivity contribution < 1.29 is 50.2 Å². The van der Waals surface area contributed by atoms with E-state index in [1.54, 1.807) is 26.8 Å². The fourth-order valence-corrected chi connectivity index (χ4v) is 5.38. The summed E-state index contributed by atoms with van der Waals surface area (Å²) in [6, 6.07) is 15.8. The number of hydrogen-bond acceptors (Lipinski definition) is 7. The first kappa shape index (κ1) is 37.2. The Morgan fingerprint density at radius 3 is 1.70 bits per heavy atom. The number of alkyl halides is 4. The Balaban J connectivity index is 0.000000228. The third kappa shape index (κ3) is 7.96. The second kappa shape index (κ2) is 14.8. The number of ketones is 2. The van der Waals surface area contributed by atoms with E-state index in [-0.39, 0.29) is 28.6 Å². The molecule has 2 N–H and O–H groups in total. The van der Waals surface area contributed by atoms with Gasteiger partial charge in [-0.15, -0.1) is 0 Å². The van der Waals surface area contributed by atoms with Crippen molar-refractivity contribution in [2.24, 2.45) is 10.7 Å². The fourth-order valence-electron chi connectivity index (χ4n) is 5.38. The Morgan fingerprint density at radius 2 is 1.22 bits per heavy atom. The molecule has 0 saturated heterocycles. The van der Waals surface area contributed by atoms with Gasteiger partial charge in [0.2, 0.25) is 11.6 Å². The van der Waals surface area contributed by atoms with Crippen LogP contribution >= 0.6 is 0 Å². The van der Waals surface area contributed by atoms with Crippen molar-refractivity contribution in [2.75, 3.05) is 7.05 Å². The monoisotopic (exact) mass is 699 g/mol. The second-order valence-electron chi connectivity index (χ2n) is 11.5. The van der Waals surface area contributed by atoms with Crippen molar-refractivity contribution in [3.8, 4) is 11.5 Å². The van der Waals surface area contributed by atoms with Gasteiger partial charge < -0.3 is 15.2 Å². The number of guanidine groups is 1. The minimum atomic E-state index is -2.98. The minimum absolute atomic E-state index is 0.0184. The lowest BCUT2D eigenvalue weighted by molar-refractivity contribution is -0.129. The number of carbonyl (C=O) groups is 3. The summed E-state index contributed by atoms with van der Waals surface area (Å²) in [5, 5.41) is 0. The number of aryl methyl sites for hydroxylation is 4. The predicted molar refractivity (Wildman–Crippen MR) is 172 cm³/mol. The number of carbonyl (C=O) groups excluding carboxylic acids is 3. The Hall–Kier alpha value is -5.66. The molecule has 1 amide bonds. The molecule has 1 aliphatic heterocycles. The Morgan fingerprint density at radius 1 is 0.700 bits per heavy atom. The smallest absolute Gasteiger partial charge is 0.387 e. The minimum Gasteiger partial charge on any atom is -0.435 e. The highest BCUT2D eigenvalue weighted by Gasteiger charge is 2.50. The van der Waals surface area contributed by atoms with Crippen molar-refractivity contribution in [1.82, 2.24) is 4.90 Å². The number of benzene rings is 4. The van der Waals surface area contributed by atoms with Gasteiger partial charge in [0.05, 0.1) is 0 Å². The normalized spacial score (nSPS) is 15.5. The van der Waals surface area contributed by atoms with E-state index in [0.717, 1.165) is 6.07 Å². The zero-order chi connectivity index (χ0) is 37.1. The van der Waals surface area contributed by atoms with Crippen molar-refractivity contribution in [1.29, 1.82) is 0 Å². The molecule has 14 heteroatoms. The molecule has 4 aromatic carbocycles. The highest BCUT2D eigenvalue weighted by Crippen LogP contribution is 2.41. The molecule has 0 aliphatic carbocycles. The van der Waals surface area contributed by atoms with Crippen LogP contribution in [0.2, 0.25) is 0 Å². The zero-order valence-corrected chi connectivity index (χ0v) is 27.4. The van der Waals surface area contributed by atoms with E-state index in [1.807, 2.05) is 0 Å². The van der Waals surface area contributed by atoms with Crippen LogP contribution in [0.5, 0.6) is 11.5 Å². The summed E-state index contributed by atoms with van der Waals surface area (Å²) in [5.74, 6) is -3.43. The maximum atomic E-state index is 14.1. The molecule has 1 heterocycles. The Bertz CT molecular complexity index is 1960. The molecule has 0 bridgehead atoms. The van der Waals surface area contributed by atoms with E-state index in [2.05, 4.69) is 14.5 Å². The number of hydrogen-bond donors (Lipinski definition) is 1. The maximum absolute atomic E-state index is 14.1. The van der Waals surface area contributed by atoms with E-state index < -0.39 is 47.9 Å². The number of aliphatic imine (C=N–C) groups is 1. The zero-order valence-electron chi connectivity index (χ0n) is 27.4. The Kier molecular flexibility index (Phi) is 11.0. The highest BCUT2D eigenvalue weighted by atomic mass is 19.3. The molecule has 0 spiro atoms. The first-order valence-corrected chi connectivity index (χ1v) is 14.8. The molecule has 0 radical (unpaired) electrons. The quantitative estimate of drug-likeness (QED) is 0.113. The number of amides is 1. The first-order chi connectivity index (χ1) is 23.4. The summed E-state index contributed by atoms with van der Waals surface area (Å²) < 4.78 is 85.6. The van der Waals surface area contributed by atoms with Gasteiger partial charge in [0.25, 0.3) is 5.91 Å². The Labute approximate surface area is 283 Å². The van der Waals surface area contributed by atoms with Gasteiger partial charge in [0, 0.05) is 18.2 Å².